The maximum absolute atomic E-state index is 12.9. The molecule has 1 atom stereocenters. The molecule has 4 heterocycles. The number of pyridine rings is 2. The zero-order chi connectivity index (χ0) is 19.3. The van der Waals surface area contributed by atoms with Crippen LogP contribution in [0.2, 0.25) is 0 Å². The van der Waals surface area contributed by atoms with Crippen LogP contribution in [0.4, 0.5) is 0 Å². The van der Waals surface area contributed by atoms with E-state index in [1.165, 1.54) is 11.3 Å². The van der Waals surface area contributed by atoms with Crippen LogP contribution in [0.1, 0.15) is 32.5 Å². The Labute approximate surface area is 167 Å². The number of fused-ring (bicyclic) bond motifs is 1. The van der Waals surface area contributed by atoms with Crippen molar-refractivity contribution in [1.29, 1.82) is 0 Å². The molecule has 3 aromatic rings. The van der Waals surface area contributed by atoms with Crippen LogP contribution in [0.3, 0.4) is 0 Å². The summed E-state index contributed by atoms with van der Waals surface area (Å²) >= 11 is 1.41. The lowest BCUT2D eigenvalue weighted by atomic mass is 9.93. The second-order valence-corrected chi connectivity index (χ2v) is 7.57. The molecule has 0 saturated carbocycles. The van der Waals surface area contributed by atoms with Gasteiger partial charge in [0.1, 0.15) is 0 Å². The lowest BCUT2D eigenvalue weighted by molar-refractivity contribution is -0.123. The van der Waals surface area contributed by atoms with E-state index in [1.54, 1.807) is 17.3 Å². The quantitative estimate of drug-likeness (QED) is 0.724. The van der Waals surface area contributed by atoms with E-state index >= 15 is 0 Å². The summed E-state index contributed by atoms with van der Waals surface area (Å²) in [7, 11) is 0. The highest BCUT2D eigenvalue weighted by molar-refractivity contribution is 7.12. The van der Waals surface area contributed by atoms with Crippen molar-refractivity contribution in [2.75, 3.05) is 13.1 Å². The number of hydrogen-bond donors (Lipinski definition) is 1. The number of carbonyl (C=O) groups is 2. The summed E-state index contributed by atoms with van der Waals surface area (Å²) in [6, 6.07) is 13.2. The zero-order valence-corrected chi connectivity index (χ0v) is 16.1. The number of amides is 2. The van der Waals surface area contributed by atoms with Crippen molar-refractivity contribution in [3.8, 4) is 0 Å². The molecule has 7 heteroatoms. The Balaban J connectivity index is 1.48. The van der Waals surface area contributed by atoms with E-state index in [-0.39, 0.29) is 11.8 Å². The number of carbonyl (C=O) groups excluding carboxylic acids is 2. The van der Waals surface area contributed by atoms with E-state index in [2.05, 4.69) is 15.3 Å². The standard InChI is InChI=1S/C21H20N4O2S/c26-20(24-11-8-16-6-1-2-9-22-16)17-14-25(21(27)18-7-4-12-28-18)13-15-5-3-10-23-19(15)17/h1-7,9-10,12,17H,8,11,13-14H2,(H,24,26). The molecule has 28 heavy (non-hydrogen) atoms. The van der Waals surface area contributed by atoms with E-state index < -0.39 is 5.92 Å². The number of hydrogen-bond acceptors (Lipinski definition) is 5. The lowest BCUT2D eigenvalue weighted by Gasteiger charge is -2.33. The van der Waals surface area contributed by atoms with Crippen LogP contribution in [0.25, 0.3) is 0 Å². The van der Waals surface area contributed by atoms with Crippen LogP contribution >= 0.6 is 11.3 Å². The molecule has 1 aliphatic rings. The molecule has 0 aromatic carbocycles. The Morgan fingerprint density at radius 1 is 1.11 bits per heavy atom. The summed E-state index contributed by atoms with van der Waals surface area (Å²) in [5.74, 6) is -0.632. The van der Waals surface area contributed by atoms with Gasteiger partial charge in [0.25, 0.3) is 5.91 Å². The van der Waals surface area contributed by atoms with Gasteiger partial charge >= 0.3 is 0 Å². The SMILES string of the molecule is O=C(NCCc1ccccn1)C1CN(C(=O)c2cccs2)Cc2cccnc21. The smallest absolute Gasteiger partial charge is 0.264 e. The van der Waals surface area contributed by atoms with Gasteiger partial charge in [0, 0.05) is 44.1 Å². The van der Waals surface area contributed by atoms with Crippen molar-refractivity contribution < 1.29 is 9.59 Å². The van der Waals surface area contributed by atoms with Gasteiger partial charge in [-0.15, -0.1) is 11.3 Å². The van der Waals surface area contributed by atoms with Gasteiger partial charge in [0.05, 0.1) is 16.5 Å². The molecular formula is C21H20N4O2S. The third-order valence-electron chi connectivity index (χ3n) is 4.76. The van der Waals surface area contributed by atoms with Crippen LogP contribution < -0.4 is 5.32 Å². The molecule has 6 nitrogen and oxygen atoms in total. The number of thiophene rings is 1. The average molecular weight is 392 g/mol. The fraction of sp³-hybridized carbons (Fsp3) is 0.238. The highest BCUT2D eigenvalue weighted by atomic mass is 32.1. The molecule has 0 aliphatic carbocycles. The number of aromatic nitrogens is 2. The fourth-order valence-electron chi connectivity index (χ4n) is 3.38. The van der Waals surface area contributed by atoms with Crippen LogP contribution in [0.15, 0.2) is 60.2 Å². The monoisotopic (exact) mass is 392 g/mol. The summed E-state index contributed by atoms with van der Waals surface area (Å²) in [4.78, 5) is 36.8. The van der Waals surface area contributed by atoms with Gasteiger partial charge in [-0.05, 0) is 35.2 Å². The maximum atomic E-state index is 12.9. The van der Waals surface area contributed by atoms with Crippen LogP contribution in [0, 0.1) is 0 Å². The van der Waals surface area contributed by atoms with Crippen LogP contribution in [-0.2, 0) is 17.8 Å². The molecule has 1 aliphatic heterocycles. The summed E-state index contributed by atoms with van der Waals surface area (Å²) in [6.07, 6.45) is 4.10. The Hall–Kier alpha value is -3.06. The first kappa shape index (κ1) is 18.3. The summed E-state index contributed by atoms with van der Waals surface area (Å²) < 4.78 is 0. The molecule has 0 spiro atoms. The molecule has 0 saturated heterocycles. The first-order valence-corrected chi connectivity index (χ1v) is 10.0. The first-order chi connectivity index (χ1) is 13.7. The Morgan fingerprint density at radius 3 is 2.79 bits per heavy atom. The average Bonchev–Trinajstić information content (AvgIpc) is 3.28. The van der Waals surface area contributed by atoms with Gasteiger partial charge < -0.3 is 10.2 Å². The normalized spacial score (nSPS) is 15.7. The van der Waals surface area contributed by atoms with E-state index in [0.717, 1.165) is 17.0 Å². The molecule has 1 unspecified atom stereocenters. The predicted octanol–water partition coefficient (Wildman–Crippen LogP) is 2.64. The molecule has 0 radical (unpaired) electrons. The van der Waals surface area contributed by atoms with Crippen molar-refractivity contribution in [2.45, 2.75) is 18.9 Å². The number of nitrogens with one attached hydrogen (secondary N) is 1. The molecule has 2 amide bonds. The van der Waals surface area contributed by atoms with Crippen molar-refractivity contribution in [3.05, 3.63) is 82.1 Å². The number of nitrogens with zero attached hydrogens (tertiary/aromatic N) is 3. The van der Waals surface area contributed by atoms with E-state index in [1.807, 2.05) is 47.8 Å². The number of rotatable bonds is 5. The molecule has 0 fully saturated rings. The third kappa shape index (κ3) is 3.94. The summed E-state index contributed by atoms with van der Waals surface area (Å²) in [6.45, 7) is 1.29. The van der Waals surface area contributed by atoms with E-state index in [9.17, 15) is 9.59 Å². The van der Waals surface area contributed by atoms with Gasteiger partial charge in [-0.2, -0.15) is 0 Å². The summed E-state index contributed by atoms with van der Waals surface area (Å²) in [5, 5.41) is 4.87. The van der Waals surface area contributed by atoms with E-state index in [0.29, 0.717) is 30.9 Å². The van der Waals surface area contributed by atoms with Crippen molar-refractivity contribution in [1.82, 2.24) is 20.2 Å². The Morgan fingerprint density at radius 2 is 2.00 bits per heavy atom. The second kappa shape index (κ2) is 8.31. The largest absolute Gasteiger partial charge is 0.355 e. The molecule has 4 rings (SSSR count). The zero-order valence-electron chi connectivity index (χ0n) is 15.2. The van der Waals surface area contributed by atoms with Crippen LogP contribution in [0.5, 0.6) is 0 Å². The minimum atomic E-state index is -0.474. The van der Waals surface area contributed by atoms with Gasteiger partial charge in [-0.1, -0.05) is 18.2 Å². The minimum Gasteiger partial charge on any atom is -0.355 e. The molecule has 142 valence electrons. The topological polar surface area (TPSA) is 75.2 Å². The van der Waals surface area contributed by atoms with Gasteiger partial charge in [-0.3, -0.25) is 19.6 Å². The van der Waals surface area contributed by atoms with Gasteiger partial charge in [-0.25, -0.2) is 0 Å². The fourth-order valence-corrected chi connectivity index (χ4v) is 4.07. The molecule has 0 bridgehead atoms. The Kier molecular flexibility index (Phi) is 5.43. The second-order valence-electron chi connectivity index (χ2n) is 6.63. The molecule has 3 aromatic heterocycles. The lowest BCUT2D eigenvalue weighted by Crippen LogP contribution is -2.44. The highest BCUT2D eigenvalue weighted by Crippen LogP contribution is 2.28. The minimum absolute atomic E-state index is 0.0456. The Bertz CT molecular complexity index is 960. The summed E-state index contributed by atoms with van der Waals surface area (Å²) in [5.41, 5.74) is 2.61. The van der Waals surface area contributed by atoms with Crippen molar-refractivity contribution in [3.63, 3.8) is 0 Å². The van der Waals surface area contributed by atoms with E-state index in [4.69, 9.17) is 0 Å². The first-order valence-electron chi connectivity index (χ1n) is 9.16. The highest BCUT2D eigenvalue weighted by Gasteiger charge is 2.34. The van der Waals surface area contributed by atoms with Crippen molar-refractivity contribution in [2.24, 2.45) is 0 Å². The molecule has 1 N–H and O–H groups in total. The predicted molar refractivity (Wildman–Crippen MR) is 107 cm³/mol. The van der Waals surface area contributed by atoms with Gasteiger partial charge in [0.2, 0.25) is 5.91 Å². The van der Waals surface area contributed by atoms with Crippen LogP contribution in [-0.4, -0.2) is 39.8 Å². The maximum Gasteiger partial charge on any atom is 0.264 e. The molecular weight excluding hydrogens is 372 g/mol. The van der Waals surface area contributed by atoms with Crippen molar-refractivity contribution >= 4 is 23.2 Å². The third-order valence-corrected chi connectivity index (χ3v) is 5.62. The van der Waals surface area contributed by atoms with Gasteiger partial charge in [0.15, 0.2) is 0 Å².